The van der Waals surface area contributed by atoms with Crippen LogP contribution in [0, 0.1) is 17.3 Å². The van der Waals surface area contributed by atoms with Crippen molar-refractivity contribution in [1.82, 2.24) is 5.32 Å². The number of nitrogens with one attached hydrogen (secondary N) is 1. The first kappa shape index (κ1) is 15.1. The molecule has 3 heteroatoms. The molecule has 2 aliphatic carbocycles. The normalized spacial score (nSPS) is 26.7. The zero-order valence-electron chi connectivity index (χ0n) is 12.9. The van der Waals surface area contributed by atoms with Crippen LogP contribution in [0.25, 0.3) is 0 Å². The summed E-state index contributed by atoms with van der Waals surface area (Å²) in [5.41, 5.74) is 3.04. The van der Waals surface area contributed by atoms with Gasteiger partial charge in [0.25, 0.3) is 0 Å². The van der Waals surface area contributed by atoms with E-state index in [2.05, 4.69) is 59.4 Å². The van der Waals surface area contributed by atoms with E-state index < -0.39 is 0 Å². The molecule has 21 heavy (non-hydrogen) atoms. The minimum Gasteiger partial charge on any atom is -0.355 e. The second-order valence-electron chi connectivity index (χ2n) is 7.27. The highest BCUT2D eigenvalue weighted by atomic mass is 79.9. The van der Waals surface area contributed by atoms with Crippen LogP contribution in [0.5, 0.6) is 0 Å². The highest BCUT2D eigenvalue weighted by Gasteiger charge is 2.56. The average Bonchev–Trinajstić information content (AvgIpc) is 3.20. The quantitative estimate of drug-likeness (QED) is 0.802. The standard InChI is InChI=1S/C18H24BrNO/c1-18(2,9-10-19)11-20-17(21)16-14-8-7-12-5-3-4-6-13(12)15(14)16/h3-6,14-16H,7-11H2,1-2H3,(H,20,21). The first-order valence-electron chi connectivity index (χ1n) is 7.95. The Morgan fingerprint density at radius 3 is 2.90 bits per heavy atom. The lowest BCUT2D eigenvalue weighted by Crippen LogP contribution is -2.35. The van der Waals surface area contributed by atoms with Crippen LogP contribution in [-0.4, -0.2) is 17.8 Å². The van der Waals surface area contributed by atoms with Crippen molar-refractivity contribution in [3.8, 4) is 0 Å². The summed E-state index contributed by atoms with van der Waals surface area (Å²) >= 11 is 3.49. The number of hydrogen-bond donors (Lipinski definition) is 1. The van der Waals surface area contributed by atoms with Gasteiger partial charge >= 0.3 is 0 Å². The maximum atomic E-state index is 12.5. The number of amides is 1. The van der Waals surface area contributed by atoms with Crippen molar-refractivity contribution in [3.05, 3.63) is 35.4 Å². The Morgan fingerprint density at radius 2 is 2.14 bits per heavy atom. The van der Waals surface area contributed by atoms with Gasteiger partial charge in [0.2, 0.25) is 5.91 Å². The van der Waals surface area contributed by atoms with E-state index in [9.17, 15) is 4.79 Å². The van der Waals surface area contributed by atoms with Gasteiger partial charge in [-0.15, -0.1) is 0 Å². The van der Waals surface area contributed by atoms with Gasteiger partial charge in [-0.3, -0.25) is 4.79 Å². The van der Waals surface area contributed by atoms with Gasteiger partial charge in [-0.2, -0.15) is 0 Å². The molecule has 0 aliphatic heterocycles. The summed E-state index contributed by atoms with van der Waals surface area (Å²) in [6.07, 6.45) is 3.38. The molecular formula is C18H24BrNO. The van der Waals surface area contributed by atoms with Crippen molar-refractivity contribution in [2.24, 2.45) is 17.3 Å². The molecule has 1 amide bonds. The predicted octanol–water partition coefficient (Wildman–Crippen LogP) is 3.89. The van der Waals surface area contributed by atoms with Crippen molar-refractivity contribution in [3.63, 3.8) is 0 Å². The summed E-state index contributed by atoms with van der Waals surface area (Å²) in [5.74, 6) is 1.55. The summed E-state index contributed by atoms with van der Waals surface area (Å²) < 4.78 is 0. The molecule has 114 valence electrons. The number of hydrogen-bond acceptors (Lipinski definition) is 1. The van der Waals surface area contributed by atoms with Crippen molar-refractivity contribution >= 4 is 21.8 Å². The fourth-order valence-electron chi connectivity index (χ4n) is 3.71. The minimum atomic E-state index is 0.164. The topological polar surface area (TPSA) is 29.1 Å². The highest BCUT2D eigenvalue weighted by molar-refractivity contribution is 9.09. The lowest BCUT2D eigenvalue weighted by Gasteiger charge is -2.24. The van der Waals surface area contributed by atoms with Crippen LogP contribution < -0.4 is 5.32 Å². The molecule has 1 aromatic carbocycles. The molecule has 0 radical (unpaired) electrons. The highest BCUT2D eigenvalue weighted by Crippen LogP contribution is 2.59. The lowest BCUT2D eigenvalue weighted by molar-refractivity contribution is -0.123. The van der Waals surface area contributed by atoms with E-state index in [4.69, 9.17) is 0 Å². The maximum Gasteiger partial charge on any atom is 0.224 e. The van der Waals surface area contributed by atoms with Crippen molar-refractivity contribution in [1.29, 1.82) is 0 Å². The van der Waals surface area contributed by atoms with Gasteiger partial charge in [0.05, 0.1) is 0 Å². The molecule has 0 heterocycles. The van der Waals surface area contributed by atoms with Crippen molar-refractivity contribution in [2.45, 2.75) is 39.0 Å². The lowest BCUT2D eigenvalue weighted by atomic mass is 9.90. The van der Waals surface area contributed by atoms with Crippen LogP contribution in [0.1, 0.15) is 43.7 Å². The molecule has 2 nitrogen and oxygen atoms in total. The summed E-state index contributed by atoms with van der Waals surface area (Å²) in [7, 11) is 0. The Hall–Kier alpha value is -0.830. The maximum absolute atomic E-state index is 12.5. The molecular weight excluding hydrogens is 326 g/mol. The van der Waals surface area contributed by atoms with E-state index >= 15 is 0 Å². The first-order valence-corrected chi connectivity index (χ1v) is 9.07. The van der Waals surface area contributed by atoms with Gasteiger partial charge in [-0.1, -0.05) is 54.0 Å². The number of benzene rings is 1. The molecule has 1 N–H and O–H groups in total. The molecule has 1 aromatic rings. The van der Waals surface area contributed by atoms with Gasteiger partial charge < -0.3 is 5.32 Å². The van der Waals surface area contributed by atoms with Gasteiger partial charge in [0, 0.05) is 17.8 Å². The summed E-state index contributed by atoms with van der Waals surface area (Å²) in [6.45, 7) is 5.20. The number of alkyl halides is 1. The molecule has 0 aromatic heterocycles. The SMILES string of the molecule is CC(C)(CCBr)CNC(=O)C1C2CCc3ccccc3C21. The zero-order valence-corrected chi connectivity index (χ0v) is 14.4. The van der Waals surface area contributed by atoms with Crippen LogP contribution in [0.4, 0.5) is 0 Å². The molecule has 0 saturated heterocycles. The van der Waals surface area contributed by atoms with E-state index in [1.165, 1.54) is 17.5 Å². The van der Waals surface area contributed by atoms with Gasteiger partial charge in [0.15, 0.2) is 0 Å². The molecule has 0 bridgehead atoms. The minimum absolute atomic E-state index is 0.164. The summed E-state index contributed by atoms with van der Waals surface area (Å²) in [6, 6.07) is 8.65. The van der Waals surface area contributed by atoms with Crippen LogP contribution in [-0.2, 0) is 11.2 Å². The molecule has 0 spiro atoms. The molecule has 3 unspecified atom stereocenters. The third kappa shape index (κ3) is 3.03. The van der Waals surface area contributed by atoms with E-state index in [0.29, 0.717) is 11.8 Å². The van der Waals surface area contributed by atoms with E-state index in [-0.39, 0.29) is 17.2 Å². The van der Waals surface area contributed by atoms with E-state index in [0.717, 1.165) is 24.7 Å². The molecule has 1 fully saturated rings. The Balaban J connectivity index is 1.62. The predicted molar refractivity (Wildman–Crippen MR) is 89.7 cm³/mol. The smallest absolute Gasteiger partial charge is 0.224 e. The Bertz CT molecular complexity index is 540. The number of fused-ring (bicyclic) bond motifs is 3. The average molecular weight is 350 g/mol. The Kier molecular flexibility index (Phi) is 4.13. The molecule has 3 rings (SSSR count). The van der Waals surface area contributed by atoms with Crippen molar-refractivity contribution < 1.29 is 4.79 Å². The van der Waals surface area contributed by atoms with Crippen LogP contribution in [0.3, 0.4) is 0 Å². The summed E-state index contributed by atoms with van der Waals surface area (Å²) in [4.78, 5) is 12.5. The largest absolute Gasteiger partial charge is 0.355 e. The second kappa shape index (κ2) is 5.75. The monoisotopic (exact) mass is 349 g/mol. The zero-order chi connectivity index (χ0) is 15.0. The number of carbonyl (C=O) groups excluding carboxylic acids is 1. The number of carbonyl (C=O) groups is 1. The first-order chi connectivity index (χ1) is 10.0. The number of rotatable bonds is 5. The van der Waals surface area contributed by atoms with Crippen LogP contribution in [0.2, 0.25) is 0 Å². The fourth-order valence-corrected chi connectivity index (χ4v) is 4.79. The Labute approximate surface area is 135 Å². The van der Waals surface area contributed by atoms with E-state index in [1.807, 2.05) is 0 Å². The number of aryl methyl sites for hydroxylation is 1. The van der Waals surface area contributed by atoms with Gasteiger partial charge in [-0.25, -0.2) is 0 Å². The molecule has 2 aliphatic rings. The van der Waals surface area contributed by atoms with Crippen LogP contribution in [0.15, 0.2) is 24.3 Å². The van der Waals surface area contributed by atoms with E-state index in [1.54, 1.807) is 0 Å². The molecule has 1 saturated carbocycles. The van der Waals surface area contributed by atoms with Crippen LogP contribution >= 0.6 is 15.9 Å². The second-order valence-corrected chi connectivity index (χ2v) is 8.07. The Morgan fingerprint density at radius 1 is 1.38 bits per heavy atom. The van der Waals surface area contributed by atoms with Gasteiger partial charge in [0.1, 0.15) is 0 Å². The molecule has 3 atom stereocenters. The van der Waals surface area contributed by atoms with Gasteiger partial charge in [-0.05, 0) is 47.6 Å². The summed E-state index contributed by atoms with van der Waals surface area (Å²) in [5, 5.41) is 4.18. The fraction of sp³-hybridized carbons (Fsp3) is 0.611. The third-order valence-corrected chi connectivity index (χ3v) is 5.54. The number of halogens is 1. The third-order valence-electron chi connectivity index (χ3n) is 5.14. The van der Waals surface area contributed by atoms with Crippen molar-refractivity contribution in [2.75, 3.05) is 11.9 Å².